The minimum Gasteiger partial charge on any atom is -0.492 e. The van der Waals surface area contributed by atoms with Gasteiger partial charge in [0.2, 0.25) is 11.8 Å². The first-order valence-corrected chi connectivity index (χ1v) is 11.6. The van der Waals surface area contributed by atoms with Crippen LogP contribution < -0.4 is 20.7 Å². The van der Waals surface area contributed by atoms with Crippen molar-refractivity contribution in [2.75, 3.05) is 6.61 Å². The van der Waals surface area contributed by atoms with Crippen molar-refractivity contribution in [2.45, 2.75) is 51.9 Å². The molecule has 3 N–H and O–H groups in total. The summed E-state index contributed by atoms with van der Waals surface area (Å²) < 4.78 is 21.1. The summed E-state index contributed by atoms with van der Waals surface area (Å²) in [6.45, 7) is 4.25. The van der Waals surface area contributed by atoms with E-state index in [1.54, 1.807) is 26.1 Å². The second-order valence-electron chi connectivity index (χ2n) is 8.90. The second kappa shape index (κ2) is 10.1. The number of hydrogen-bond donors (Lipinski definition) is 3. The molecule has 176 valence electrons. The van der Waals surface area contributed by atoms with Crippen molar-refractivity contribution in [3.63, 3.8) is 0 Å². The first kappa shape index (κ1) is 23.4. The molecule has 1 aromatic carbocycles. The molecule has 1 aliphatic carbocycles. The van der Waals surface area contributed by atoms with Crippen molar-refractivity contribution < 1.29 is 18.7 Å². The summed E-state index contributed by atoms with van der Waals surface area (Å²) in [6.07, 6.45) is 3.38. The number of nitrogens with zero attached hydrogens (tertiary/aromatic N) is 1. The van der Waals surface area contributed by atoms with Crippen LogP contribution in [0.4, 0.5) is 4.39 Å². The lowest BCUT2D eigenvalue weighted by Gasteiger charge is -2.32. The number of nitrogens with one attached hydrogen (secondary N) is 3. The molecule has 2 fully saturated rings. The second-order valence-corrected chi connectivity index (χ2v) is 9.31. The van der Waals surface area contributed by atoms with Crippen LogP contribution in [0, 0.1) is 17.7 Å². The van der Waals surface area contributed by atoms with Gasteiger partial charge in [-0.3, -0.25) is 19.9 Å². The van der Waals surface area contributed by atoms with Gasteiger partial charge in [0.25, 0.3) is 0 Å². The van der Waals surface area contributed by atoms with Crippen LogP contribution in [0.5, 0.6) is 5.75 Å². The lowest BCUT2D eigenvalue weighted by atomic mass is 10.0. The van der Waals surface area contributed by atoms with Gasteiger partial charge in [0, 0.05) is 30.0 Å². The number of halogens is 2. The van der Waals surface area contributed by atoms with Crippen molar-refractivity contribution in [3.8, 4) is 5.75 Å². The fraction of sp³-hybridized carbons (Fsp3) is 0.458. The molecule has 0 spiro atoms. The number of ether oxygens (including phenoxy) is 1. The van der Waals surface area contributed by atoms with Gasteiger partial charge < -0.3 is 15.4 Å². The molecule has 4 rings (SSSR count). The molecule has 0 bridgehead atoms. The van der Waals surface area contributed by atoms with Gasteiger partial charge in [-0.15, -0.1) is 0 Å². The third-order valence-corrected chi connectivity index (χ3v) is 6.16. The van der Waals surface area contributed by atoms with Crippen molar-refractivity contribution in [3.05, 3.63) is 58.1 Å². The monoisotopic (exact) mass is 474 g/mol. The smallest absolute Gasteiger partial charge is 0.223 e. The molecule has 9 heteroatoms. The third-order valence-electron chi connectivity index (χ3n) is 5.83. The van der Waals surface area contributed by atoms with Crippen molar-refractivity contribution >= 4 is 23.4 Å². The van der Waals surface area contributed by atoms with E-state index < -0.39 is 18.0 Å². The molecule has 2 atom stereocenters. The number of hydrogen-bond acceptors (Lipinski definition) is 5. The molecule has 1 aromatic heterocycles. The zero-order valence-electron chi connectivity index (χ0n) is 18.7. The lowest BCUT2D eigenvalue weighted by molar-refractivity contribution is -0.125. The van der Waals surface area contributed by atoms with Crippen LogP contribution in [0.2, 0.25) is 5.02 Å². The maximum absolute atomic E-state index is 15.4. The number of aromatic nitrogens is 1. The highest BCUT2D eigenvalue weighted by Gasteiger charge is 2.32. The summed E-state index contributed by atoms with van der Waals surface area (Å²) in [5.41, 5.74) is 1.08. The summed E-state index contributed by atoms with van der Waals surface area (Å²) in [4.78, 5) is 28.8. The number of carbonyl (C=O) groups excluding carboxylic acids is 2. The topological polar surface area (TPSA) is 92.4 Å². The largest absolute Gasteiger partial charge is 0.492 e. The van der Waals surface area contributed by atoms with Gasteiger partial charge in [0.05, 0.1) is 29.6 Å². The minimum absolute atomic E-state index is 0.0288. The number of carbonyl (C=O) groups is 2. The van der Waals surface area contributed by atoms with E-state index in [1.165, 1.54) is 18.9 Å². The minimum atomic E-state index is -0.836. The van der Waals surface area contributed by atoms with Crippen LogP contribution in [0.1, 0.15) is 62.1 Å². The zero-order valence-corrected chi connectivity index (χ0v) is 19.4. The SMILES string of the molecule is CC(C)C(=O)NCc1ccc(Cl)c(C2NC(=O)CC(c3ccc(OCC4CC4)cn3)N2)c1F. The Labute approximate surface area is 197 Å². The maximum Gasteiger partial charge on any atom is 0.223 e. The quantitative estimate of drug-likeness (QED) is 0.541. The Balaban J connectivity index is 1.49. The summed E-state index contributed by atoms with van der Waals surface area (Å²) in [5, 5.41) is 8.89. The average Bonchev–Trinajstić information content (AvgIpc) is 3.61. The standard InChI is InChI=1S/C24H28ClFN4O3/c1-13(2)24(32)28-10-15-5-7-17(25)21(22(15)26)23-29-19(9-20(31)30-23)18-8-6-16(11-27-18)33-12-14-3-4-14/h5-8,11,13-14,19,23,29H,3-4,9-10,12H2,1-2H3,(H,28,32)(H,30,31). The van der Waals surface area contributed by atoms with E-state index >= 15 is 4.39 Å². The van der Waals surface area contributed by atoms with E-state index in [0.29, 0.717) is 24.0 Å². The van der Waals surface area contributed by atoms with Gasteiger partial charge >= 0.3 is 0 Å². The van der Waals surface area contributed by atoms with Gasteiger partial charge in [-0.1, -0.05) is 31.5 Å². The lowest BCUT2D eigenvalue weighted by Crippen LogP contribution is -2.47. The Morgan fingerprint density at radius 3 is 2.76 bits per heavy atom. The van der Waals surface area contributed by atoms with Crippen LogP contribution in [0.3, 0.4) is 0 Å². The highest BCUT2D eigenvalue weighted by Crippen LogP contribution is 2.33. The van der Waals surface area contributed by atoms with Crippen molar-refractivity contribution in [2.24, 2.45) is 11.8 Å². The van der Waals surface area contributed by atoms with Crippen LogP contribution in [-0.4, -0.2) is 23.4 Å². The Hall–Kier alpha value is -2.71. The molecule has 2 amide bonds. The number of benzene rings is 1. The summed E-state index contributed by atoms with van der Waals surface area (Å²) in [6, 6.07) is 6.33. The summed E-state index contributed by atoms with van der Waals surface area (Å²) in [7, 11) is 0. The Morgan fingerprint density at radius 2 is 2.09 bits per heavy atom. The van der Waals surface area contributed by atoms with Crippen LogP contribution in [0.25, 0.3) is 0 Å². The van der Waals surface area contributed by atoms with Crippen molar-refractivity contribution in [1.82, 2.24) is 20.9 Å². The molecular weight excluding hydrogens is 447 g/mol. The predicted molar refractivity (Wildman–Crippen MR) is 122 cm³/mol. The van der Waals surface area contributed by atoms with Gasteiger partial charge in [-0.05, 0) is 37.0 Å². The molecule has 0 radical (unpaired) electrons. The molecule has 2 unspecified atom stereocenters. The first-order valence-electron chi connectivity index (χ1n) is 11.2. The molecule has 2 heterocycles. The maximum atomic E-state index is 15.4. The Bertz CT molecular complexity index is 1030. The van der Waals surface area contributed by atoms with E-state index in [2.05, 4.69) is 20.9 Å². The molecule has 33 heavy (non-hydrogen) atoms. The fourth-order valence-corrected chi connectivity index (χ4v) is 3.89. The molecule has 1 saturated heterocycles. The van der Waals surface area contributed by atoms with E-state index in [0.717, 1.165) is 0 Å². The highest BCUT2D eigenvalue weighted by molar-refractivity contribution is 6.31. The number of amides is 2. The highest BCUT2D eigenvalue weighted by atomic mass is 35.5. The van der Waals surface area contributed by atoms with Crippen LogP contribution in [0.15, 0.2) is 30.5 Å². The third kappa shape index (κ3) is 5.81. The van der Waals surface area contributed by atoms with E-state index in [4.69, 9.17) is 16.3 Å². The molecular formula is C24H28ClFN4O3. The van der Waals surface area contributed by atoms with E-state index in [9.17, 15) is 9.59 Å². The van der Waals surface area contributed by atoms with Gasteiger partial charge in [0.15, 0.2) is 0 Å². The Kier molecular flexibility index (Phi) is 7.14. The van der Waals surface area contributed by atoms with Gasteiger partial charge in [-0.2, -0.15) is 0 Å². The molecule has 2 aliphatic rings. The zero-order chi connectivity index (χ0) is 23.5. The first-order chi connectivity index (χ1) is 15.8. The van der Waals surface area contributed by atoms with Gasteiger partial charge in [0.1, 0.15) is 17.7 Å². The molecule has 2 aromatic rings. The summed E-state index contributed by atoms with van der Waals surface area (Å²) >= 11 is 6.32. The average molecular weight is 475 g/mol. The van der Waals surface area contributed by atoms with Crippen LogP contribution in [-0.2, 0) is 16.1 Å². The molecule has 7 nitrogen and oxygen atoms in total. The van der Waals surface area contributed by atoms with Crippen LogP contribution >= 0.6 is 11.6 Å². The number of pyridine rings is 1. The van der Waals surface area contributed by atoms with Gasteiger partial charge in [-0.25, -0.2) is 4.39 Å². The van der Waals surface area contributed by atoms with E-state index in [1.807, 2.05) is 12.1 Å². The van der Waals surface area contributed by atoms with Crippen molar-refractivity contribution in [1.29, 1.82) is 0 Å². The van der Waals surface area contributed by atoms with E-state index in [-0.39, 0.29) is 46.8 Å². The molecule has 1 saturated carbocycles. The fourth-order valence-electron chi connectivity index (χ4n) is 3.64. The molecule has 1 aliphatic heterocycles. The Morgan fingerprint density at radius 1 is 1.30 bits per heavy atom. The number of rotatable bonds is 8. The normalized spacial score (nSPS) is 20.5. The predicted octanol–water partition coefficient (Wildman–Crippen LogP) is 3.78. The summed E-state index contributed by atoms with van der Waals surface area (Å²) in [5.74, 6) is 0.134.